The van der Waals surface area contributed by atoms with Gasteiger partial charge in [0.2, 0.25) is 12.4 Å². The Labute approximate surface area is 144 Å². The summed E-state index contributed by atoms with van der Waals surface area (Å²) in [5, 5.41) is 0. The smallest absolute Gasteiger partial charge is 0.338 e. The van der Waals surface area contributed by atoms with Gasteiger partial charge in [-0.25, -0.2) is 9.18 Å². The number of carbonyl (C=O) groups excluding carboxylic acids is 2. The van der Waals surface area contributed by atoms with Crippen LogP contribution >= 0.6 is 7.14 Å². The Balaban J connectivity index is 2.10. The maximum absolute atomic E-state index is 14.6. The van der Waals surface area contributed by atoms with Gasteiger partial charge in [0, 0.05) is 6.92 Å². The molecule has 0 spiro atoms. The van der Waals surface area contributed by atoms with Gasteiger partial charge in [0.15, 0.2) is 12.5 Å². The van der Waals surface area contributed by atoms with Crippen LogP contribution < -0.4 is 0 Å². The number of esters is 2. The molecule has 0 radical (unpaired) electrons. The van der Waals surface area contributed by atoms with Crippen LogP contribution in [0.25, 0.3) is 0 Å². The highest BCUT2D eigenvalue weighted by molar-refractivity contribution is 7.62. The third kappa shape index (κ3) is 5.63. The Morgan fingerprint density at radius 3 is 2.36 bits per heavy atom. The van der Waals surface area contributed by atoms with Gasteiger partial charge in [-0.05, 0) is 25.5 Å². The maximum Gasteiger partial charge on any atom is 0.338 e. The summed E-state index contributed by atoms with van der Waals surface area (Å²) in [6.45, 7) is 4.07. The average Bonchev–Trinajstić information content (AvgIpc) is 2.81. The third-order valence-electron chi connectivity index (χ3n) is 3.19. The monoisotopic (exact) mass is 374 g/mol. The Morgan fingerprint density at radius 1 is 1.16 bits per heavy atom. The predicted octanol–water partition coefficient (Wildman–Crippen LogP) is 2.39. The second-order valence-electron chi connectivity index (χ2n) is 6.03. The molecule has 25 heavy (non-hydrogen) atoms. The SMILES string of the molecule is CC(=O)OC1O[C@H](OCP(C)(C)=O)[C@@H](F)[C@H]1OC(=O)c1ccccc1. The first-order valence-corrected chi connectivity index (χ1v) is 10.3. The first-order valence-electron chi connectivity index (χ1n) is 7.56. The van der Waals surface area contributed by atoms with Gasteiger partial charge in [-0.2, -0.15) is 0 Å². The van der Waals surface area contributed by atoms with E-state index < -0.39 is 43.9 Å². The summed E-state index contributed by atoms with van der Waals surface area (Å²) >= 11 is 0. The molecule has 1 aromatic carbocycles. The zero-order valence-corrected chi connectivity index (χ0v) is 15.0. The van der Waals surface area contributed by atoms with Crippen LogP contribution in [-0.4, -0.2) is 56.5 Å². The molecule has 0 bridgehead atoms. The average molecular weight is 374 g/mol. The van der Waals surface area contributed by atoms with E-state index in [0.29, 0.717) is 0 Å². The van der Waals surface area contributed by atoms with Gasteiger partial charge < -0.3 is 23.5 Å². The minimum absolute atomic E-state index is 0.215. The van der Waals surface area contributed by atoms with E-state index in [0.717, 1.165) is 6.92 Å². The molecule has 7 nitrogen and oxygen atoms in total. The molecule has 4 atom stereocenters. The van der Waals surface area contributed by atoms with Crippen molar-refractivity contribution in [2.75, 3.05) is 19.7 Å². The largest absolute Gasteiger partial charge is 0.449 e. The van der Waals surface area contributed by atoms with Crippen LogP contribution in [0.1, 0.15) is 17.3 Å². The highest BCUT2D eigenvalue weighted by atomic mass is 31.2. The second-order valence-corrected chi connectivity index (χ2v) is 9.44. The van der Waals surface area contributed by atoms with Gasteiger partial charge in [0.1, 0.15) is 13.5 Å². The molecule has 1 aromatic rings. The molecule has 138 valence electrons. The quantitative estimate of drug-likeness (QED) is 0.558. The summed E-state index contributed by atoms with van der Waals surface area (Å²) < 4.78 is 46.6. The van der Waals surface area contributed by atoms with E-state index >= 15 is 0 Å². The zero-order valence-electron chi connectivity index (χ0n) is 14.1. The molecule has 1 unspecified atom stereocenters. The Bertz CT molecular complexity index is 660. The van der Waals surface area contributed by atoms with E-state index in [1.807, 2.05) is 0 Å². The molecule has 1 heterocycles. The molecule has 1 fully saturated rings. The van der Waals surface area contributed by atoms with Crippen molar-refractivity contribution in [2.24, 2.45) is 0 Å². The number of carbonyl (C=O) groups is 2. The molecule has 0 amide bonds. The van der Waals surface area contributed by atoms with Gasteiger partial charge in [0.05, 0.1) is 5.56 Å². The summed E-state index contributed by atoms with van der Waals surface area (Å²) in [6, 6.07) is 7.98. The Kier molecular flexibility index (Phi) is 6.32. The summed E-state index contributed by atoms with van der Waals surface area (Å²) in [6.07, 6.45) is -6.51. The van der Waals surface area contributed by atoms with Crippen LogP contribution in [0.2, 0.25) is 0 Å². The van der Waals surface area contributed by atoms with Crippen molar-refractivity contribution in [1.29, 1.82) is 0 Å². The Morgan fingerprint density at radius 2 is 1.80 bits per heavy atom. The molecule has 2 rings (SSSR count). The highest BCUT2D eigenvalue weighted by Crippen LogP contribution is 2.38. The zero-order chi connectivity index (χ0) is 18.6. The highest BCUT2D eigenvalue weighted by Gasteiger charge is 2.50. The fourth-order valence-corrected chi connectivity index (χ4v) is 2.62. The van der Waals surface area contributed by atoms with Gasteiger partial charge >= 0.3 is 11.9 Å². The van der Waals surface area contributed by atoms with E-state index in [1.54, 1.807) is 18.2 Å². The van der Waals surface area contributed by atoms with Crippen LogP contribution in [0.4, 0.5) is 4.39 Å². The summed E-state index contributed by atoms with van der Waals surface area (Å²) in [4.78, 5) is 23.3. The number of benzene rings is 1. The molecule has 0 N–H and O–H groups in total. The Hall–Kier alpha value is -1.76. The minimum Gasteiger partial charge on any atom is -0.449 e. The summed E-state index contributed by atoms with van der Waals surface area (Å²) in [5.41, 5.74) is 0.215. The standard InChI is InChI=1S/C16H20FO7P/c1-10(18)22-16-13(23-14(19)11-7-5-4-6-8-11)12(17)15(24-16)21-9-25(2,3)20/h4-8,12-13,15-16H,9H2,1-3H3/t12-,13+,15-,16?/m0/s1. The van der Waals surface area contributed by atoms with E-state index in [1.165, 1.54) is 25.5 Å². The van der Waals surface area contributed by atoms with Crippen molar-refractivity contribution in [2.45, 2.75) is 31.8 Å². The van der Waals surface area contributed by atoms with Crippen LogP contribution in [0.3, 0.4) is 0 Å². The molecule has 1 aliphatic heterocycles. The van der Waals surface area contributed by atoms with Crippen molar-refractivity contribution in [3.63, 3.8) is 0 Å². The molecular formula is C16H20FO7P. The number of rotatable bonds is 6. The molecule has 9 heteroatoms. The van der Waals surface area contributed by atoms with Crippen molar-refractivity contribution in [1.82, 2.24) is 0 Å². The number of ether oxygens (including phenoxy) is 4. The van der Waals surface area contributed by atoms with Crippen molar-refractivity contribution >= 4 is 19.1 Å². The minimum atomic E-state index is -2.57. The van der Waals surface area contributed by atoms with E-state index in [-0.39, 0.29) is 11.9 Å². The number of halogens is 1. The lowest BCUT2D eigenvalue weighted by Crippen LogP contribution is -2.37. The van der Waals surface area contributed by atoms with Gasteiger partial charge in [-0.15, -0.1) is 0 Å². The van der Waals surface area contributed by atoms with E-state index in [4.69, 9.17) is 18.9 Å². The molecule has 0 saturated carbocycles. The lowest BCUT2D eigenvalue weighted by Gasteiger charge is -2.19. The van der Waals surface area contributed by atoms with Crippen LogP contribution in [-0.2, 0) is 28.3 Å². The summed E-state index contributed by atoms with van der Waals surface area (Å²) in [7, 11) is -2.57. The topological polar surface area (TPSA) is 88.1 Å². The predicted molar refractivity (Wildman–Crippen MR) is 86.4 cm³/mol. The molecule has 0 aromatic heterocycles. The lowest BCUT2D eigenvalue weighted by molar-refractivity contribution is -0.215. The second kappa shape index (κ2) is 8.08. The lowest BCUT2D eigenvalue weighted by atomic mass is 10.2. The fraction of sp³-hybridized carbons (Fsp3) is 0.500. The van der Waals surface area contributed by atoms with Gasteiger partial charge in [-0.3, -0.25) is 4.79 Å². The number of hydrogen-bond acceptors (Lipinski definition) is 7. The normalized spacial score (nSPS) is 26.2. The van der Waals surface area contributed by atoms with Crippen LogP contribution in [0.15, 0.2) is 30.3 Å². The first kappa shape index (κ1) is 19.6. The number of alkyl halides is 1. The summed E-state index contributed by atoms with van der Waals surface area (Å²) in [5.74, 6) is -1.51. The van der Waals surface area contributed by atoms with E-state index in [9.17, 15) is 18.5 Å². The maximum atomic E-state index is 14.6. The fourth-order valence-electron chi connectivity index (χ4n) is 2.12. The van der Waals surface area contributed by atoms with Crippen molar-refractivity contribution < 1.29 is 37.5 Å². The van der Waals surface area contributed by atoms with Gasteiger partial charge in [-0.1, -0.05) is 18.2 Å². The molecular weight excluding hydrogens is 354 g/mol. The first-order chi connectivity index (χ1) is 11.7. The van der Waals surface area contributed by atoms with Crippen LogP contribution in [0.5, 0.6) is 0 Å². The van der Waals surface area contributed by atoms with Crippen LogP contribution in [0, 0.1) is 0 Å². The van der Waals surface area contributed by atoms with Crippen molar-refractivity contribution in [3.8, 4) is 0 Å². The molecule has 0 aliphatic carbocycles. The molecule has 1 aliphatic rings. The van der Waals surface area contributed by atoms with E-state index in [2.05, 4.69) is 0 Å². The van der Waals surface area contributed by atoms with Crippen molar-refractivity contribution in [3.05, 3.63) is 35.9 Å². The number of hydrogen-bond donors (Lipinski definition) is 0. The van der Waals surface area contributed by atoms with Gasteiger partial charge in [0.25, 0.3) is 0 Å². The third-order valence-corrected chi connectivity index (χ3v) is 3.97. The molecule has 1 saturated heterocycles.